The van der Waals surface area contributed by atoms with Gasteiger partial charge in [0.2, 0.25) is 17.7 Å². The van der Waals surface area contributed by atoms with Crippen LogP contribution in [0.5, 0.6) is 0 Å². The zero-order valence-corrected chi connectivity index (χ0v) is 24.4. The fraction of sp³-hybridized carbons (Fsp3) is 0.310. The highest BCUT2D eigenvalue weighted by molar-refractivity contribution is 6.37. The number of hydrogen-bond donors (Lipinski definition) is 3. The van der Waals surface area contributed by atoms with Crippen LogP contribution in [0.2, 0.25) is 5.02 Å². The van der Waals surface area contributed by atoms with E-state index in [0.717, 1.165) is 22.6 Å². The average Bonchev–Trinajstić information content (AvgIpc) is 3.03. The van der Waals surface area contributed by atoms with E-state index in [2.05, 4.69) is 36.3 Å². The van der Waals surface area contributed by atoms with Crippen molar-refractivity contribution in [3.05, 3.63) is 70.2 Å². The van der Waals surface area contributed by atoms with Crippen molar-refractivity contribution in [2.75, 3.05) is 13.7 Å². The highest BCUT2D eigenvalue weighted by atomic mass is 35.5. The second-order valence-electron chi connectivity index (χ2n) is 9.08. The molecule has 3 aliphatic heterocycles. The maximum atomic E-state index is 11.5. The molecule has 0 unspecified atom stereocenters. The van der Waals surface area contributed by atoms with Crippen LogP contribution in [0, 0.1) is 0 Å². The predicted molar refractivity (Wildman–Crippen MR) is 159 cm³/mol. The Labute approximate surface area is 252 Å². The third kappa shape index (κ3) is 10.5. The van der Waals surface area contributed by atoms with Crippen LogP contribution >= 0.6 is 11.6 Å². The van der Waals surface area contributed by atoms with E-state index in [0.29, 0.717) is 55.7 Å². The van der Waals surface area contributed by atoms with Gasteiger partial charge in [-0.3, -0.25) is 14.4 Å². The lowest BCUT2D eigenvalue weighted by molar-refractivity contribution is -0.133. The molecule has 3 amide bonds. The summed E-state index contributed by atoms with van der Waals surface area (Å²) in [5, 5.41) is 12.2. The number of carbonyl (C=O) groups excluding carboxylic acids is 5. The molecule has 3 N–H and O–H groups in total. The number of halogens is 1. The van der Waals surface area contributed by atoms with E-state index >= 15 is 0 Å². The zero-order valence-electron chi connectivity index (χ0n) is 23.6. The molecule has 0 bridgehead atoms. The van der Waals surface area contributed by atoms with Gasteiger partial charge in [0, 0.05) is 43.5 Å². The van der Waals surface area contributed by atoms with E-state index in [1.165, 1.54) is 7.11 Å². The van der Waals surface area contributed by atoms with E-state index in [-0.39, 0.29) is 29.4 Å². The number of hydrogen-bond acceptors (Lipinski definition) is 10. The Morgan fingerprint density at radius 1 is 0.698 bits per heavy atom. The van der Waals surface area contributed by atoms with E-state index in [9.17, 15) is 24.0 Å². The topological polar surface area (TPSA) is 177 Å². The first-order valence-electron chi connectivity index (χ1n) is 13.4. The number of amides is 3. The molecule has 2 aromatic rings. The molecule has 5 rings (SSSR count). The molecular formula is C29H31ClN6O7. The molecule has 13 nitrogen and oxygen atoms in total. The molecule has 0 atom stereocenters. The van der Waals surface area contributed by atoms with Crippen LogP contribution in [-0.4, -0.2) is 60.5 Å². The summed E-state index contributed by atoms with van der Waals surface area (Å²) in [7, 11) is 1.28. The van der Waals surface area contributed by atoms with Crippen molar-refractivity contribution in [3.63, 3.8) is 0 Å². The Hall–Kier alpha value is -4.91. The lowest BCUT2D eigenvalue weighted by Crippen LogP contribution is -2.30. The first kappa shape index (κ1) is 32.6. The van der Waals surface area contributed by atoms with Crippen LogP contribution in [0.3, 0.4) is 0 Å². The quantitative estimate of drug-likeness (QED) is 0.436. The van der Waals surface area contributed by atoms with Gasteiger partial charge in [-0.05, 0) is 42.3 Å². The summed E-state index contributed by atoms with van der Waals surface area (Å²) in [5.74, 6) is -1.07. The van der Waals surface area contributed by atoms with Crippen molar-refractivity contribution in [2.24, 2.45) is 15.3 Å². The van der Waals surface area contributed by atoms with Crippen molar-refractivity contribution in [1.29, 1.82) is 0 Å². The molecule has 0 fully saturated rings. The number of carbonyl (C=O) groups is 5. The van der Waals surface area contributed by atoms with Crippen LogP contribution < -0.4 is 16.3 Å². The number of rotatable bonds is 5. The number of ether oxygens (including phenoxy) is 2. The lowest BCUT2D eigenvalue weighted by atomic mass is 10.0. The number of esters is 2. The summed E-state index contributed by atoms with van der Waals surface area (Å²) < 4.78 is 9.31. The molecule has 3 aliphatic rings. The molecule has 0 aromatic heterocycles. The van der Waals surface area contributed by atoms with Crippen molar-refractivity contribution in [1.82, 2.24) is 16.3 Å². The maximum absolute atomic E-state index is 11.5. The standard InChI is InChI=1S/C13H14N2O3.C10H9ClN2O.C6H8N2O3/c1-2-18-13(17)10-5-3-9(4-6-10)11-7-8-12(16)15-14-11;11-8-3-1-7(2-4-8)9-5-6-10(14)13-12-9;1-11-6(10)4-2-3-5(9)8-7-4/h3-6H,2,7-8H2,1H3,(H,15,16);1-4H,5-6H2,(H,13,14);2-3H2,1H3,(H,8,9). The molecule has 43 heavy (non-hydrogen) atoms. The van der Waals surface area contributed by atoms with E-state index in [1.54, 1.807) is 19.1 Å². The number of methoxy groups -OCH3 is 1. The highest BCUT2D eigenvalue weighted by Gasteiger charge is 2.18. The number of hydrazone groups is 3. The van der Waals surface area contributed by atoms with Crippen LogP contribution in [0.15, 0.2) is 63.8 Å². The summed E-state index contributed by atoms with van der Waals surface area (Å²) >= 11 is 5.76. The Bertz CT molecular complexity index is 1440. The van der Waals surface area contributed by atoms with Gasteiger partial charge < -0.3 is 9.47 Å². The summed E-state index contributed by atoms with van der Waals surface area (Å²) in [6.45, 7) is 2.13. The van der Waals surface area contributed by atoms with Gasteiger partial charge in [0.15, 0.2) is 0 Å². The average molecular weight is 611 g/mol. The smallest absolute Gasteiger partial charge is 0.354 e. The second kappa shape index (κ2) is 16.5. The van der Waals surface area contributed by atoms with Gasteiger partial charge in [-0.15, -0.1) is 0 Å². The first-order valence-corrected chi connectivity index (χ1v) is 13.8. The maximum Gasteiger partial charge on any atom is 0.354 e. The Kier molecular flexibility index (Phi) is 12.5. The van der Waals surface area contributed by atoms with Gasteiger partial charge in [-0.25, -0.2) is 25.9 Å². The van der Waals surface area contributed by atoms with Crippen LogP contribution in [0.1, 0.15) is 66.9 Å². The summed E-state index contributed by atoms with van der Waals surface area (Å²) in [6, 6.07) is 14.5. The minimum atomic E-state index is -0.481. The van der Waals surface area contributed by atoms with Gasteiger partial charge in [0.1, 0.15) is 5.71 Å². The third-order valence-electron chi connectivity index (χ3n) is 6.04. The van der Waals surface area contributed by atoms with E-state index in [4.69, 9.17) is 16.3 Å². The van der Waals surface area contributed by atoms with Crippen LogP contribution in [0.4, 0.5) is 0 Å². The van der Waals surface area contributed by atoms with E-state index < -0.39 is 5.97 Å². The zero-order chi connectivity index (χ0) is 31.2. The predicted octanol–water partition coefficient (Wildman–Crippen LogP) is 2.86. The molecular weight excluding hydrogens is 580 g/mol. The van der Waals surface area contributed by atoms with Crippen molar-refractivity contribution in [2.45, 2.75) is 45.4 Å². The lowest BCUT2D eigenvalue weighted by Gasteiger charge is -2.12. The van der Waals surface area contributed by atoms with Crippen molar-refractivity contribution < 1.29 is 33.4 Å². The van der Waals surface area contributed by atoms with E-state index in [1.807, 2.05) is 36.4 Å². The molecule has 226 valence electrons. The van der Waals surface area contributed by atoms with Gasteiger partial charge in [-0.1, -0.05) is 35.9 Å². The van der Waals surface area contributed by atoms with Gasteiger partial charge in [0.25, 0.3) is 0 Å². The summed E-state index contributed by atoms with van der Waals surface area (Å²) in [6.07, 6.45) is 2.91. The largest absolute Gasteiger partial charge is 0.464 e. The minimum Gasteiger partial charge on any atom is -0.464 e. The Morgan fingerprint density at radius 3 is 1.56 bits per heavy atom. The fourth-order valence-corrected chi connectivity index (χ4v) is 3.89. The number of benzene rings is 2. The summed E-state index contributed by atoms with van der Waals surface area (Å²) in [5.41, 5.74) is 11.5. The third-order valence-corrected chi connectivity index (χ3v) is 6.29. The van der Waals surface area contributed by atoms with Crippen LogP contribution in [0.25, 0.3) is 0 Å². The molecule has 0 saturated carbocycles. The normalized spacial score (nSPS) is 15.7. The molecule has 2 aromatic carbocycles. The number of nitrogens with zero attached hydrogens (tertiary/aromatic N) is 3. The molecule has 0 saturated heterocycles. The van der Waals surface area contributed by atoms with Crippen molar-refractivity contribution in [3.8, 4) is 0 Å². The minimum absolute atomic E-state index is 0.0253. The molecule has 0 aliphatic carbocycles. The van der Waals surface area contributed by atoms with Crippen LogP contribution in [-0.2, 0) is 28.7 Å². The second-order valence-corrected chi connectivity index (χ2v) is 9.51. The molecule has 3 heterocycles. The first-order chi connectivity index (χ1) is 20.7. The monoisotopic (exact) mass is 610 g/mol. The molecule has 0 spiro atoms. The van der Waals surface area contributed by atoms with Gasteiger partial charge >= 0.3 is 11.9 Å². The molecule has 14 heteroatoms. The van der Waals surface area contributed by atoms with Gasteiger partial charge in [-0.2, -0.15) is 15.3 Å². The Balaban J connectivity index is 0.000000182. The highest BCUT2D eigenvalue weighted by Crippen LogP contribution is 2.14. The number of nitrogens with one attached hydrogen (secondary N) is 3. The van der Waals surface area contributed by atoms with Gasteiger partial charge in [0.05, 0.1) is 30.7 Å². The fourth-order valence-electron chi connectivity index (χ4n) is 3.76. The Morgan fingerprint density at radius 2 is 1.16 bits per heavy atom. The SMILES string of the molecule is CCOC(=O)c1ccc(C2=NNC(=O)CC2)cc1.COC(=O)C1=NNC(=O)CC1.O=C1CCC(c2ccc(Cl)cc2)=NN1. The summed E-state index contributed by atoms with van der Waals surface area (Å²) in [4.78, 5) is 54.6. The molecule has 0 radical (unpaired) electrons. The van der Waals surface area contributed by atoms with Crippen molar-refractivity contribution >= 4 is 58.4 Å².